The van der Waals surface area contributed by atoms with Gasteiger partial charge in [0.1, 0.15) is 0 Å². The number of rotatable bonds is 6. The van der Waals surface area contributed by atoms with Crippen LogP contribution in [0.1, 0.15) is 19.8 Å². The van der Waals surface area contributed by atoms with E-state index in [4.69, 9.17) is 9.84 Å². The lowest BCUT2D eigenvalue weighted by molar-refractivity contribution is 0.182. The maximum absolute atomic E-state index is 8.96. The zero-order chi connectivity index (χ0) is 10.4. The average Bonchev–Trinajstić information content (AvgIpc) is 2.62. The molecule has 0 bridgehead atoms. The molecule has 1 unspecified atom stereocenters. The van der Waals surface area contributed by atoms with Gasteiger partial charge in [0.05, 0.1) is 0 Å². The third-order valence-electron chi connectivity index (χ3n) is 2.66. The molecule has 0 aliphatic heterocycles. The van der Waals surface area contributed by atoms with Crippen LogP contribution in [0.15, 0.2) is 12.2 Å². The molecule has 0 fully saturated rings. The molecule has 1 aliphatic carbocycles. The Hall–Kier alpha value is -0.380. The summed E-state index contributed by atoms with van der Waals surface area (Å²) in [6, 6.07) is 0.904. The van der Waals surface area contributed by atoms with Gasteiger partial charge in [-0.1, -0.05) is 12.2 Å². The van der Waals surface area contributed by atoms with Crippen molar-refractivity contribution in [3.63, 3.8) is 0 Å². The lowest BCUT2D eigenvalue weighted by Crippen LogP contribution is -2.35. The summed E-state index contributed by atoms with van der Waals surface area (Å²) >= 11 is 0. The van der Waals surface area contributed by atoms with Crippen LogP contribution in [0.5, 0.6) is 0 Å². The van der Waals surface area contributed by atoms with Gasteiger partial charge in [-0.25, -0.2) is 0 Å². The van der Waals surface area contributed by atoms with Gasteiger partial charge in [-0.15, -0.1) is 0 Å². The Morgan fingerprint density at radius 1 is 1.57 bits per heavy atom. The molecule has 2 N–H and O–H groups in total. The van der Waals surface area contributed by atoms with E-state index in [1.54, 1.807) is 7.11 Å². The van der Waals surface area contributed by atoms with Gasteiger partial charge in [-0.3, -0.25) is 0 Å². The molecule has 82 valence electrons. The van der Waals surface area contributed by atoms with Gasteiger partial charge in [0.2, 0.25) is 0 Å². The average molecular weight is 199 g/mol. The Kier molecular flexibility index (Phi) is 5.15. The topological polar surface area (TPSA) is 41.5 Å². The molecule has 14 heavy (non-hydrogen) atoms. The van der Waals surface area contributed by atoms with Crippen molar-refractivity contribution in [3.8, 4) is 0 Å². The predicted octanol–water partition coefficient (Wildman–Crippen LogP) is 0.938. The smallest absolute Gasteiger partial charge is 0.0494 e. The summed E-state index contributed by atoms with van der Waals surface area (Å²) in [7, 11) is 1.73. The number of aliphatic hydroxyl groups excluding tert-OH is 1. The lowest BCUT2D eigenvalue weighted by atomic mass is 10.1. The molecule has 3 atom stereocenters. The molecular weight excluding hydrogens is 178 g/mol. The maximum Gasteiger partial charge on any atom is 0.0494 e. The Balaban J connectivity index is 2.16. The van der Waals surface area contributed by atoms with Crippen molar-refractivity contribution >= 4 is 0 Å². The zero-order valence-corrected chi connectivity index (χ0v) is 9.07. The highest BCUT2D eigenvalue weighted by molar-refractivity contribution is 5.06. The van der Waals surface area contributed by atoms with E-state index in [1.807, 2.05) is 0 Å². The first kappa shape index (κ1) is 11.7. The number of hydrogen-bond acceptors (Lipinski definition) is 3. The number of nitrogens with one attached hydrogen (secondary N) is 1. The first-order valence-electron chi connectivity index (χ1n) is 5.30. The van der Waals surface area contributed by atoms with Gasteiger partial charge in [-0.2, -0.15) is 0 Å². The monoisotopic (exact) mass is 199 g/mol. The van der Waals surface area contributed by atoms with Crippen LogP contribution in [0.3, 0.4) is 0 Å². The van der Waals surface area contributed by atoms with E-state index in [1.165, 1.54) is 0 Å². The van der Waals surface area contributed by atoms with Gasteiger partial charge in [0.15, 0.2) is 0 Å². The Morgan fingerprint density at radius 3 is 2.93 bits per heavy atom. The van der Waals surface area contributed by atoms with Crippen LogP contribution in [-0.4, -0.2) is 37.5 Å². The summed E-state index contributed by atoms with van der Waals surface area (Å²) < 4.78 is 5.02. The predicted molar refractivity (Wildman–Crippen MR) is 57.2 cm³/mol. The van der Waals surface area contributed by atoms with Crippen LogP contribution in [0.2, 0.25) is 0 Å². The molecule has 0 heterocycles. The van der Waals surface area contributed by atoms with Crippen LogP contribution in [-0.2, 0) is 4.74 Å². The molecule has 3 heteroatoms. The molecule has 1 aliphatic rings. The fourth-order valence-electron chi connectivity index (χ4n) is 1.78. The van der Waals surface area contributed by atoms with Crippen molar-refractivity contribution in [2.24, 2.45) is 5.92 Å². The Labute approximate surface area is 86.2 Å². The van der Waals surface area contributed by atoms with Crippen molar-refractivity contribution in [1.82, 2.24) is 5.32 Å². The van der Waals surface area contributed by atoms with Crippen LogP contribution in [0.4, 0.5) is 0 Å². The van der Waals surface area contributed by atoms with E-state index in [0.29, 0.717) is 18.0 Å². The van der Waals surface area contributed by atoms with E-state index in [2.05, 4.69) is 24.4 Å². The second kappa shape index (κ2) is 6.17. The quantitative estimate of drug-likeness (QED) is 0.626. The molecule has 0 amide bonds. The number of ether oxygens (including phenoxy) is 1. The summed E-state index contributed by atoms with van der Waals surface area (Å²) in [6.45, 7) is 3.23. The number of methoxy groups -OCH3 is 1. The molecular formula is C11H21NO2. The van der Waals surface area contributed by atoms with Crippen molar-refractivity contribution in [3.05, 3.63) is 12.2 Å². The standard InChI is InChI=1S/C11H21NO2/c1-9(5-6-14-2)12-11-4-3-10(7-11)8-13/h3-4,9-13H,5-8H2,1-2H3/t9?,10-,11+/m0/s1. The van der Waals surface area contributed by atoms with E-state index in [0.717, 1.165) is 19.4 Å². The molecule has 0 aromatic carbocycles. The van der Waals surface area contributed by atoms with E-state index in [-0.39, 0.29) is 6.61 Å². The third kappa shape index (κ3) is 3.78. The zero-order valence-electron chi connectivity index (χ0n) is 9.07. The number of aliphatic hydroxyl groups is 1. The first-order chi connectivity index (χ1) is 6.76. The molecule has 1 rings (SSSR count). The summed E-state index contributed by atoms with van der Waals surface area (Å²) in [6.07, 6.45) is 6.31. The summed E-state index contributed by atoms with van der Waals surface area (Å²) in [5.41, 5.74) is 0. The third-order valence-corrected chi connectivity index (χ3v) is 2.66. The van der Waals surface area contributed by atoms with E-state index in [9.17, 15) is 0 Å². The molecule has 0 aromatic rings. The Morgan fingerprint density at radius 2 is 2.36 bits per heavy atom. The highest BCUT2D eigenvalue weighted by atomic mass is 16.5. The van der Waals surface area contributed by atoms with Crippen LogP contribution < -0.4 is 5.32 Å². The normalized spacial score (nSPS) is 28.2. The van der Waals surface area contributed by atoms with Crippen LogP contribution >= 0.6 is 0 Å². The second-order valence-electron chi connectivity index (χ2n) is 4.02. The van der Waals surface area contributed by atoms with Gasteiger partial charge in [0.25, 0.3) is 0 Å². The largest absolute Gasteiger partial charge is 0.396 e. The first-order valence-corrected chi connectivity index (χ1v) is 5.30. The second-order valence-corrected chi connectivity index (χ2v) is 4.02. The fraction of sp³-hybridized carbons (Fsp3) is 0.818. The maximum atomic E-state index is 8.96. The molecule has 0 aromatic heterocycles. The van der Waals surface area contributed by atoms with Gasteiger partial charge in [-0.05, 0) is 19.8 Å². The Bertz CT molecular complexity index is 182. The minimum Gasteiger partial charge on any atom is -0.396 e. The number of hydrogen-bond donors (Lipinski definition) is 2. The highest BCUT2D eigenvalue weighted by Crippen LogP contribution is 2.17. The van der Waals surface area contributed by atoms with Gasteiger partial charge >= 0.3 is 0 Å². The minimum atomic E-state index is 0.265. The lowest BCUT2D eigenvalue weighted by Gasteiger charge is -2.18. The molecule has 0 radical (unpaired) electrons. The van der Waals surface area contributed by atoms with Gasteiger partial charge in [0, 0.05) is 38.3 Å². The van der Waals surface area contributed by atoms with Crippen molar-refractivity contribution in [2.45, 2.75) is 31.8 Å². The van der Waals surface area contributed by atoms with Crippen molar-refractivity contribution < 1.29 is 9.84 Å². The summed E-state index contributed by atoms with van der Waals surface area (Å²) in [5.74, 6) is 0.349. The molecule has 0 saturated carbocycles. The highest BCUT2D eigenvalue weighted by Gasteiger charge is 2.18. The molecule has 0 spiro atoms. The minimum absolute atomic E-state index is 0.265. The summed E-state index contributed by atoms with van der Waals surface area (Å²) in [4.78, 5) is 0. The van der Waals surface area contributed by atoms with Crippen molar-refractivity contribution in [2.75, 3.05) is 20.3 Å². The van der Waals surface area contributed by atoms with E-state index >= 15 is 0 Å². The van der Waals surface area contributed by atoms with Crippen molar-refractivity contribution in [1.29, 1.82) is 0 Å². The SMILES string of the molecule is COCCC(C)N[C@@H]1C=C[C@H](CO)C1. The molecule has 3 nitrogen and oxygen atoms in total. The van der Waals surface area contributed by atoms with Gasteiger partial charge < -0.3 is 15.2 Å². The molecule has 0 saturated heterocycles. The van der Waals surface area contributed by atoms with Crippen LogP contribution in [0.25, 0.3) is 0 Å². The summed E-state index contributed by atoms with van der Waals surface area (Å²) in [5, 5.41) is 12.5. The van der Waals surface area contributed by atoms with Crippen LogP contribution in [0, 0.1) is 5.92 Å². The van der Waals surface area contributed by atoms with E-state index < -0.39 is 0 Å². The fourth-order valence-corrected chi connectivity index (χ4v) is 1.78.